The first-order chi connectivity index (χ1) is 16.6. The van der Waals surface area contributed by atoms with Crippen molar-refractivity contribution in [1.82, 2.24) is 4.98 Å². The maximum Gasteiger partial charge on any atom is 0.242 e. The van der Waals surface area contributed by atoms with Crippen molar-refractivity contribution in [3.05, 3.63) is 115 Å². The van der Waals surface area contributed by atoms with Crippen LogP contribution in [0.2, 0.25) is 0 Å². The number of carbonyl (C=O) groups excluding carboxylic acids is 1. The van der Waals surface area contributed by atoms with E-state index in [1.54, 1.807) is 24.5 Å². The number of thioether (sulfide) groups is 1. The molecule has 0 radical (unpaired) electrons. The van der Waals surface area contributed by atoms with Crippen LogP contribution in [0.15, 0.2) is 108 Å². The lowest BCUT2D eigenvalue weighted by Gasteiger charge is -2.18. The molecular formula is C27H24N4OS2. The number of nitrogens with zero attached hydrogens (tertiary/aromatic N) is 1. The SMILES string of the molecule is Cc1ccc(NC(=S)Nc2cccc(SC(C(=O)Nc3ccncc3)c3ccccc3)c2)cc1. The molecule has 34 heavy (non-hydrogen) atoms. The molecule has 5 nitrogen and oxygen atoms in total. The Balaban J connectivity index is 1.48. The van der Waals surface area contributed by atoms with Gasteiger partial charge in [0.2, 0.25) is 5.91 Å². The van der Waals surface area contributed by atoms with Gasteiger partial charge in [0.15, 0.2) is 5.11 Å². The smallest absolute Gasteiger partial charge is 0.242 e. The van der Waals surface area contributed by atoms with Gasteiger partial charge in [-0.25, -0.2) is 0 Å². The van der Waals surface area contributed by atoms with Gasteiger partial charge in [0, 0.05) is 34.4 Å². The molecule has 0 fully saturated rings. The van der Waals surface area contributed by atoms with Crippen molar-refractivity contribution in [3.8, 4) is 0 Å². The fraction of sp³-hybridized carbons (Fsp3) is 0.0741. The van der Waals surface area contributed by atoms with Crippen LogP contribution in [0, 0.1) is 6.92 Å². The summed E-state index contributed by atoms with van der Waals surface area (Å²) in [6.45, 7) is 2.05. The molecule has 170 valence electrons. The third-order valence-corrected chi connectivity index (χ3v) is 6.40. The second kappa shape index (κ2) is 11.4. The van der Waals surface area contributed by atoms with Crippen LogP contribution in [-0.4, -0.2) is 16.0 Å². The highest BCUT2D eigenvalue weighted by molar-refractivity contribution is 8.00. The topological polar surface area (TPSA) is 66.0 Å². The lowest BCUT2D eigenvalue weighted by Crippen LogP contribution is -2.19. The van der Waals surface area contributed by atoms with E-state index in [-0.39, 0.29) is 5.91 Å². The fourth-order valence-corrected chi connectivity index (χ4v) is 4.58. The highest BCUT2D eigenvalue weighted by atomic mass is 32.2. The molecule has 7 heteroatoms. The highest BCUT2D eigenvalue weighted by Gasteiger charge is 2.22. The number of rotatable bonds is 7. The zero-order valence-electron chi connectivity index (χ0n) is 18.6. The summed E-state index contributed by atoms with van der Waals surface area (Å²) in [6.07, 6.45) is 3.31. The van der Waals surface area contributed by atoms with Crippen LogP contribution in [0.1, 0.15) is 16.4 Å². The average molecular weight is 485 g/mol. The minimum Gasteiger partial charge on any atom is -0.332 e. The zero-order chi connectivity index (χ0) is 23.8. The van der Waals surface area contributed by atoms with Crippen molar-refractivity contribution in [2.75, 3.05) is 16.0 Å². The first-order valence-electron chi connectivity index (χ1n) is 10.7. The average Bonchev–Trinajstić information content (AvgIpc) is 2.85. The molecule has 3 aromatic carbocycles. The second-order valence-electron chi connectivity index (χ2n) is 7.61. The first-order valence-corrected chi connectivity index (χ1v) is 12.0. The molecular weight excluding hydrogens is 460 g/mol. The summed E-state index contributed by atoms with van der Waals surface area (Å²) in [6, 6.07) is 29.2. The summed E-state index contributed by atoms with van der Waals surface area (Å²) in [5.41, 5.74) is 4.59. The van der Waals surface area contributed by atoms with E-state index in [1.807, 2.05) is 85.8 Å². The summed E-state index contributed by atoms with van der Waals surface area (Å²) in [5, 5.41) is 9.49. The minimum absolute atomic E-state index is 0.0997. The van der Waals surface area contributed by atoms with E-state index in [0.717, 1.165) is 21.8 Å². The van der Waals surface area contributed by atoms with Crippen LogP contribution in [0.3, 0.4) is 0 Å². The van der Waals surface area contributed by atoms with Crippen LogP contribution >= 0.6 is 24.0 Å². The van der Waals surface area contributed by atoms with Crippen LogP contribution in [-0.2, 0) is 4.79 Å². The highest BCUT2D eigenvalue weighted by Crippen LogP contribution is 2.37. The monoisotopic (exact) mass is 484 g/mol. The predicted octanol–water partition coefficient (Wildman–Crippen LogP) is 6.67. The van der Waals surface area contributed by atoms with Gasteiger partial charge < -0.3 is 16.0 Å². The van der Waals surface area contributed by atoms with E-state index in [4.69, 9.17) is 12.2 Å². The number of hydrogen-bond acceptors (Lipinski definition) is 4. The third kappa shape index (κ3) is 6.66. The van der Waals surface area contributed by atoms with Crippen molar-refractivity contribution >= 4 is 52.1 Å². The molecule has 4 aromatic rings. The van der Waals surface area contributed by atoms with E-state index in [2.05, 4.69) is 20.9 Å². The molecule has 0 aliphatic rings. The fourth-order valence-electron chi connectivity index (χ4n) is 3.26. The Morgan fingerprint density at radius 3 is 2.21 bits per heavy atom. The second-order valence-corrected chi connectivity index (χ2v) is 9.19. The minimum atomic E-state index is -0.428. The van der Waals surface area contributed by atoms with Gasteiger partial charge >= 0.3 is 0 Å². The Hall–Kier alpha value is -3.68. The van der Waals surface area contributed by atoms with Crippen molar-refractivity contribution in [2.24, 2.45) is 0 Å². The largest absolute Gasteiger partial charge is 0.332 e. The standard InChI is InChI=1S/C27H24N4OS2/c1-19-10-12-21(13-11-19)30-27(33)31-23-8-5-9-24(18-23)34-25(20-6-3-2-4-7-20)26(32)29-22-14-16-28-17-15-22/h2-18,25H,1H3,(H,28,29,32)(H2,30,31,33). The quantitative estimate of drug-likeness (QED) is 0.201. The normalized spacial score (nSPS) is 11.3. The van der Waals surface area contributed by atoms with Crippen LogP contribution < -0.4 is 16.0 Å². The van der Waals surface area contributed by atoms with Gasteiger partial charge in [0.1, 0.15) is 5.25 Å². The van der Waals surface area contributed by atoms with Crippen molar-refractivity contribution in [2.45, 2.75) is 17.1 Å². The Bertz CT molecular complexity index is 1250. The van der Waals surface area contributed by atoms with Gasteiger partial charge in [0.05, 0.1) is 0 Å². The Morgan fingerprint density at radius 2 is 1.47 bits per heavy atom. The Kier molecular flexibility index (Phi) is 7.91. The Morgan fingerprint density at radius 1 is 0.794 bits per heavy atom. The maximum absolute atomic E-state index is 13.2. The van der Waals surface area contributed by atoms with Crippen molar-refractivity contribution in [3.63, 3.8) is 0 Å². The number of aromatic nitrogens is 1. The van der Waals surface area contributed by atoms with E-state index in [0.29, 0.717) is 10.8 Å². The maximum atomic E-state index is 13.2. The number of hydrogen-bond donors (Lipinski definition) is 3. The molecule has 0 saturated heterocycles. The number of carbonyl (C=O) groups is 1. The lowest BCUT2D eigenvalue weighted by molar-refractivity contribution is -0.115. The number of nitrogens with one attached hydrogen (secondary N) is 3. The number of benzene rings is 3. The molecule has 1 atom stereocenters. The summed E-state index contributed by atoms with van der Waals surface area (Å²) >= 11 is 6.96. The number of amides is 1. The molecule has 1 amide bonds. The van der Waals surface area contributed by atoms with Crippen molar-refractivity contribution < 1.29 is 4.79 Å². The van der Waals surface area contributed by atoms with Gasteiger partial charge in [0.25, 0.3) is 0 Å². The van der Waals surface area contributed by atoms with Crippen LogP contribution in [0.4, 0.5) is 17.1 Å². The lowest BCUT2D eigenvalue weighted by atomic mass is 10.1. The van der Waals surface area contributed by atoms with E-state index in [1.165, 1.54) is 17.3 Å². The number of anilines is 3. The van der Waals surface area contributed by atoms with Gasteiger partial charge in [-0.05, 0) is 67.2 Å². The molecule has 4 rings (SSSR count). The molecule has 0 bridgehead atoms. The summed E-state index contributed by atoms with van der Waals surface area (Å²) < 4.78 is 0. The molecule has 3 N–H and O–H groups in total. The summed E-state index contributed by atoms with van der Waals surface area (Å²) in [5.74, 6) is -0.0997. The molecule has 0 saturated carbocycles. The van der Waals surface area contributed by atoms with E-state index >= 15 is 0 Å². The number of aryl methyl sites for hydroxylation is 1. The van der Waals surface area contributed by atoms with Crippen LogP contribution in [0.5, 0.6) is 0 Å². The van der Waals surface area contributed by atoms with E-state index in [9.17, 15) is 4.79 Å². The molecule has 0 spiro atoms. The molecule has 0 aliphatic heterocycles. The predicted molar refractivity (Wildman–Crippen MR) is 145 cm³/mol. The molecule has 0 aliphatic carbocycles. The third-order valence-electron chi connectivity index (χ3n) is 4.94. The van der Waals surface area contributed by atoms with Crippen molar-refractivity contribution in [1.29, 1.82) is 0 Å². The molecule has 1 unspecified atom stereocenters. The molecule has 1 heterocycles. The van der Waals surface area contributed by atoms with Crippen LogP contribution in [0.25, 0.3) is 0 Å². The summed E-state index contributed by atoms with van der Waals surface area (Å²) in [7, 11) is 0. The molecule has 1 aromatic heterocycles. The Labute approximate surface area is 209 Å². The van der Waals surface area contributed by atoms with Gasteiger partial charge in [-0.3, -0.25) is 9.78 Å². The van der Waals surface area contributed by atoms with Gasteiger partial charge in [-0.1, -0.05) is 54.1 Å². The van der Waals surface area contributed by atoms with E-state index < -0.39 is 5.25 Å². The van der Waals surface area contributed by atoms with Gasteiger partial charge in [-0.15, -0.1) is 11.8 Å². The van der Waals surface area contributed by atoms with Gasteiger partial charge in [-0.2, -0.15) is 0 Å². The summed E-state index contributed by atoms with van der Waals surface area (Å²) in [4.78, 5) is 18.2. The first kappa shape index (κ1) is 23.5. The number of pyridine rings is 1. The number of thiocarbonyl (C=S) groups is 1. The zero-order valence-corrected chi connectivity index (χ0v) is 20.2.